The molecule has 180 valence electrons. The largest absolute Gasteiger partial charge is 0.383 e. The summed E-state index contributed by atoms with van der Waals surface area (Å²) in [6.45, 7) is 4.23. The highest BCUT2D eigenvalue weighted by atomic mass is 32.1. The second-order valence-corrected chi connectivity index (χ2v) is 10.5. The summed E-state index contributed by atoms with van der Waals surface area (Å²) in [5.74, 6) is 0.762. The van der Waals surface area contributed by atoms with E-state index in [1.165, 1.54) is 0 Å². The zero-order valence-electron chi connectivity index (χ0n) is 19.6. The van der Waals surface area contributed by atoms with Crippen molar-refractivity contribution in [3.63, 3.8) is 0 Å². The topological polar surface area (TPSA) is 93.2 Å². The molecule has 1 amide bonds. The van der Waals surface area contributed by atoms with Gasteiger partial charge in [-0.25, -0.2) is 9.97 Å². The van der Waals surface area contributed by atoms with Crippen molar-refractivity contribution in [2.24, 2.45) is 0 Å². The van der Waals surface area contributed by atoms with Gasteiger partial charge < -0.3 is 10.6 Å². The minimum atomic E-state index is 0.280. The molecule has 0 bridgehead atoms. The van der Waals surface area contributed by atoms with E-state index in [1.54, 1.807) is 17.5 Å². The number of nitrogens with zero attached hydrogens (tertiary/aromatic N) is 6. The van der Waals surface area contributed by atoms with Gasteiger partial charge >= 0.3 is 0 Å². The van der Waals surface area contributed by atoms with Crippen LogP contribution in [0.4, 0.5) is 5.82 Å². The van der Waals surface area contributed by atoms with Crippen LogP contribution in [-0.2, 0) is 4.79 Å². The summed E-state index contributed by atoms with van der Waals surface area (Å²) in [6, 6.07) is 10.5. The van der Waals surface area contributed by atoms with E-state index >= 15 is 0 Å². The first-order valence-corrected chi connectivity index (χ1v) is 13.1. The quantitative estimate of drug-likeness (QED) is 0.456. The fourth-order valence-electron chi connectivity index (χ4n) is 5.08. The number of hydrogen-bond acceptors (Lipinski definition) is 7. The Morgan fingerprint density at radius 2 is 1.86 bits per heavy atom. The molecule has 0 spiro atoms. The number of rotatable bonds is 5. The lowest BCUT2D eigenvalue weighted by atomic mass is 10.0. The van der Waals surface area contributed by atoms with Crippen LogP contribution in [0, 0.1) is 0 Å². The highest BCUT2D eigenvalue weighted by Gasteiger charge is 2.25. The number of amides is 1. The number of pyridine rings is 1. The lowest BCUT2D eigenvalue weighted by molar-refractivity contribution is -0.131. The van der Waals surface area contributed by atoms with Crippen molar-refractivity contribution in [2.75, 3.05) is 38.5 Å². The monoisotopic (exact) mass is 487 g/mol. The molecule has 0 saturated carbocycles. The molecule has 0 unspecified atom stereocenters. The van der Waals surface area contributed by atoms with E-state index in [9.17, 15) is 4.79 Å². The number of nitrogens with two attached hydrogens (primary N) is 1. The van der Waals surface area contributed by atoms with Gasteiger partial charge in [-0.15, -0.1) is 11.3 Å². The molecule has 0 atom stereocenters. The number of carbonyl (C=O) groups excluding carboxylic acids is 1. The Morgan fingerprint density at radius 3 is 2.66 bits per heavy atom. The number of nitrogen functional groups attached to an aromatic ring is 1. The number of thiazole rings is 1. The van der Waals surface area contributed by atoms with Crippen LogP contribution in [0.2, 0.25) is 0 Å². The Balaban J connectivity index is 1.14. The van der Waals surface area contributed by atoms with E-state index in [2.05, 4.69) is 38.0 Å². The zero-order valence-corrected chi connectivity index (χ0v) is 20.5. The van der Waals surface area contributed by atoms with Gasteiger partial charge in [0.05, 0.1) is 34.6 Å². The number of benzene rings is 1. The molecule has 9 heteroatoms. The first kappa shape index (κ1) is 22.2. The minimum absolute atomic E-state index is 0.280. The first-order valence-electron chi connectivity index (χ1n) is 12.3. The van der Waals surface area contributed by atoms with Crippen LogP contribution in [0.15, 0.2) is 48.9 Å². The molecular formula is C26H29N7OS. The van der Waals surface area contributed by atoms with Gasteiger partial charge in [0.2, 0.25) is 5.91 Å². The average Bonchev–Trinajstić information content (AvgIpc) is 3.65. The van der Waals surface area contributed by atoms with E-state index in [0.717, 1.165) is 83.8 Å². The number of carbonyl (C=O) groups is 1. The van der Waals surface area contributed by atoms with Gasteiger partial charge in [0.1, 0.15) is 10.8 Å². The molecule has 0 aliphatic carbocycles. The van der Waals surface area contributed by atoms with Gasteiger partial charge in [-0.05, 0) is 43.9 Å². The van der Waals surface area contributed by atoms with Crippen molar-refractivity contribution in [2.45, 2.75) is 31.7 Å². The van der Waals surface area contributed by atoms with Gasteiger partial charge in [0.15, 0.2) is 0 Å². The van der Waals surface area contributed by atoms with E-state index in [0.29, 0.717) is 18.4 Å². The summed E-state index contributed by atoms with van der Waals surface area (Å²) in [4.78, 5) is 26.0. The molecule has 1 aromatic carbocycles. The summed E-state index contributed by atoms with van der Waals surface area (Å²) in [6.07, 6.45) is 10.1. The van der Waals surface area contributed by atoms with E-state index in [4.69, 9.17) is 10.7 Å². The number of hydrogen-bond donors (Lipinski definition) is 1. The standard InChI is InChI=1S/C26H29N7OS/c27-25-21(26-30-22-5-1-2-6-23(22)35-26)13-18(14-28-25)19-15-29-33(16-19)20-7-11-31(12-8-20)17-24(34)32-9-3-4-10-32/h1-2,5-6,13-16,20H,3-4,7-12,17H2,(H2,27,28). The van der Waals surface area contributed by atoms with Crippen molar-refractivity contribution >= 4 is 33.3 Å². The van der Waals surface area contributed by atoms with Crippen LogP contribution in [0.1, 0.15) is 31.7 Å². The Labute approximate surface area is 208 Å². The number of piperidine rings is 1. The van der Waals surface area contributed by atoms with Crippen LogP contribution < -0.4 is 5.73 Å². The summed E-state index contributed by atoms with van der Waals surface area (Å²) in [5, 5.41) is 5.55. The van der Waals surface area contributed by atoms with Crippen molar-refractivity contribution in [3.05, 3.63) is 48.9 Å². The maximum atomic E-state index is 12.5. The molecule has 3 aromatic heterocycles. The third-order valence-corrected chi connectivity index (χ3v) is 8.20. The van der Waals surface area contributed by atoms with E-state index < -0.39 is 0 Å². The van der Waals surface area contributed by atoms with Crippen LogP contribution in [-0.4, -0.2) is 68.2 Å². The molecule has 6 rings (SSSR count). The van der Waals surface area contributed by atoms with Crippen LogP contribution in [0.3, 0.4) is 0 Å². The fourth-order valence-corrected chi connectivity index (χ4v) is 6.07. The van der Waals surface area contributed by atoms with E-state index in [1.807, 2.05) is 29.3 Å². The van der Waals surface area contributed by atoms with Gasteiger partial charge in [0, 0.05) is 49.7 Å². The highest BCUT2D eigenvalue weighted by Crippen LogP contribution is 2.35. The lowest BCUT2D eigenvalue weighted by Gasteiger charge is -2.32. The highest BCUT2D eigenvalue weighted by molar-refractivity contribution is 7.21. The maximum absolute atomic E-state index is 12.5. The molecule has 35 heavy (non-hydrogen) atoms. The molecule has 2 aliphatic heterocycles. The Hall–Kier alpha value is -3.30. The van der Waals surface area contributed by atoms with E-state index in [-0.39, 0.29) is 5.91 Å². The zero-order chi connectivity index (χ0) is 23.8. The Kier molecular flexibility index (Phi) is 5.95. The van der Waals surface area contributed by atoms with Gasteiger partial charge in [-0.3, -0.25) is 14.4 Å². The molecule has 2 saturated heterocycles. The van der Waals surface area contributed by atoms with Gasteiger partial charge in [-0.2, -0.15) is 5.10 Å². The second kappa shape index (κ2) is 9.39. The predicted molar refractivity (Wildman–Crippen MR) is 139 cm³/mol. The molecular weight excluding hydrogens is 458 g/mol. The lowest BCUT2D eigenvalue weighted by Crippen LogP contribution is -2.42. The molecule has 2 fully saturated rings. The van der Waals surface area contributed by atoms with Gasteiger partial charge in [0.25, 0.3) is 0 Å². The number of likely N-dealkylation sites (tertiary alicyclic amines) is 2. The molecule has 2 aliphatic rings. The third-order valence-electron chi connectivity index (χ3n) is 7.13. The molecule has 0 radical (unpaired) electrons. The van der Waals surface area contributed by atoms with Crippen molar-refractivity contribution < 1.29 is 4.79 Å². The van der Waals surface area contributed by atoms with Crippen molar-refractivity contribution in [1.82, 2.24) is 29.5 Å². The SMILES string of the molecule is Nc1ncc(-c2cnn(C3CCN(CC(=O)N4CCCC4)CC3)c2)cc1-c1nc2ccccc2s1. The average molecular weight is 488 g/mol. The van der Waals surface area contributed by atoms with Crippen LogP contribution in [0.5, 0.6) is 0 Å². The number of fused-ring (bicyclic) bond motifs is 1. The summed E-state index contributed by atoms with van der Waals surface area (Å²) >= 11 is 1.62. The summed E-state index contributed by atoms with van der Waals surface area (Å²) in [5.41, 5.74) is 10.1. The molecule has 8 nitrogen and oxygen atoms in total. The number of anilines is 1. The van der Waals surface area contributed by atoms with Crippen LogP contribution in [0.25, 0.3) is 31.9 Å². The molecule has 2 N–H and O–H groups in total. The first-order chi connectivity index (χ1) is 17.1. The summed E-state index contributed by atoms with van der Waals surface area (Å²) in [7, 11) is 0. The maximum Gasteiger partial charge on any atom is 0.236 e. The van der Waals surface area contributed by atoms with Crippen molar-refractivity contribution in [3.8, 4) is 21.7 Å². The number of aromatic nitrogens is 4. The normalized spacial score (nSPS) is 17.4. The van der Waals surface area contributed by atoms with Crippen molar-refractivity contribution in [1.29, 1.82) is 0 Å². The Bertz CT molecular complexity index is 1320. The fraction of sp³-hybridized carbons (Fsp3) is 0.385. The predicted octanol–water partition coefficient (Wildman–Crippen LogP) is 4.06. The number of para-hydroxylation sites is 1. The second-order valence-electron chi connectivity index (χ2n) is 9.45. The summed E-state index contributed by atoms with van der Waals surface area (Å²) < 4.78 is 3.21. The smallest absolute Gasteiger partial charge is 0.236 e. The minimum Gasteiger partial charge on any atom is -0.383 e. The molecule has 4 aromatic rings. The van der Waals surface area contributed by atoms with Gasteiger partial charge in [-0.1, -0.05) is 12.1 Å². The Morgan fingerprint density at radius 1 is 1.06 bits per heavy atom. The third kappa shape index (κ3) is 4.53. The molecule has 5 heterocycles. The van der Waals surface area contributed by atoms with Crippen LogP contribution >= 0.6 is 11.3 Å².